The summed E-state index contributed by atoms with van der Waals surface area (Å²) in [5.74, 6) is 0.730. The summed E-state index contributed by atoms with van der Waals surface area (Å²) in [6.07, 6.45) is 0. The average Bonchev–Trinajstić information content (AvgIpc) is 2.38. The van der Waals surface area contributed by atoms with Crippen LogP contribution in [0.5, 0.6) is 5.75 Å². The van der Waals surface area contributed by atoms with Gasteiger partial charge in [0.25, 0.3) is 0 Å². The van der Waals surface area contributed by atoms with Crippen molar-refractivity contribution < 1.29 is 4.74 Å². The summed E-state index contributed by atoms with van der Waals surface area (Å²) in [5.41, 5.74) is 8.45. The summed E-state index contributed by atoms with van der Waals surface area (Å²) in [6.45, 7) is 2.05. The minimum absolute atomic E-state index is 0.0835. The predicted octanol–water partition coefficient (Wildman–Crippen LogP) is 4.10. The van der Waals surface area contributed by atoms with E-state index in [1.54, 1.807) is 13.2 Å². The molecule has 0 saturated heterocycles. The number of anilines is 2. The van der Waals surface area contributed by atoms with Crippen molar-refractivity contribution in [2.45, 2.75) is 13.0 Å². The van der Waals surface area contributed by atoms with E-state index in [1.807, 2.05) is 36.4 Å². The van der Waals surface area contributed by atoms with Crippen molar-refractivity contribution in [1.29, 1.82) is 0 Å². The second-order valence-corrected chi connectivity index (χ2v) is 4.79. The van der Waals surface area contributed by atoms with Gasteiger partial charge in [-0.25, -0.2) is 0 Å². The fourth-order valence-corrected chi connectivity index (χ4v) is 2.28. The highest BCUT2D eigenvalue weighted by Crippen LogP contribution is 2.28. The SMILES string of the molecule is COc1cc(N)cc(NC(C)c2ccccc2Cl)c1. The van der Waals surface area contributed by atoms with Gasteiger partial charge in [0, 0.05) is 34.6 Å². The van der Waals surface area contributed by atoms with Crippen LogP contribution in [0.4, 0.5) is 11.4 Å². The Labute approximate surface area is 118 Å². The molecular weight excluding hydrogens is 260 g/mol. The number of hydrogen-bond acceptors (Lipinski definition) is 3. The van der Waals surface area contributed by atoms with E-state index in [9.17, 15) is 0 Å². The van der Waals surface area contributed by atoms with Crippen molar-refractivity contribution in [3.8, 4) is 5.75 Å². The molecule has 0 saturated carbocycles. The van der Waals surface area contributed by atoms with E-state index in [4.69, 9.17) is 22.1 Å². The second-order valence-electron chi connectivity index (χ2n) is 4.38. The number of hydrogen-bond donors (Lipinski definition) is 2. The monoisotopic (exact) mass is 276 g/mol. The molecule has 1 atom stereocenters. The van der Waals surface area contributed by atoms with Crippen LogP contribution in [0.3, 0.4) is 0 Å². The molecule has 2 aromatic carbocycles. The number of nitrogen functional groups attached to an aromatic ring is 1. The van der Waals surface area contributed by atoms with E-state index < -0.39 is 0 Å². The third kappa shape index (κ3) is 3.32. The molecule has 2 aromatic rings. The van der Waals surface area contributed by atoms with E-state index in [0.717, 1.165) is 22.0 Å². The van der Waals surface area contributed by atoms with Gasteiger partial charge < -0.3 is 15.8 Å². The van der Waals surface area contributed by atoms with Gasteiger partial charge in [0.15, 0.2) is 0 Å². The number of nitrogens with two attached hydrogens (primary N) is 1. The Morgan fingerprint density at radius 2 is 1.95 bits per heavy atom. The van der Waals surface area contributed by atoms with Gasteiger partial charge in [-0.05, 0) is 24.6 Å². The molecule has 0 aliphatic carbocycles. The maximum Gasteiger partial charge on any atom is 0.122 e. The predicted molar refractivity (Wildman–Crippen MR) is 80.9 cm³/mol. The first kappa shape index (κ1) is 13.6. The van der Waals surface area contributed by atoms with Crippen LogP contribution in [-0.4, -0.2) is 7.11 Å². The first-order valence-corrected chi connectivity index (χ1v) is 6.43. The lowest BCUT2D eigenvalue weighted by Crippen LogP contribution is -2.07. The molecule has 3 nitrogen and oxygen atoms in total. The number of ether oxygens (including phenoxy) is 1. The van der Waals surface area contributed by atoms with Gasteiger partial charge in [0.2, 0.25) is 0 Å². The zero-order chi connectivity index (χ0) is 13.8. The van der Waals surface area contributed by atoms with Crippen LogP contribution in [0.1, 0.15) is 18.5 Å². The molecule has 100 valence electrons. The van der Waals surface area contributed by atoms with Crippen molar-refractivity contribution in [2.75, 3.05) is 18.2 Å². The zero-order valence-corrected chi connectivity index (χ0v) is 11.7. The third-order valence-electron chi connectivity index (χ3n) is 2.92. The van der Waals surface area contributed by atoms with Gasteiger partial charge >= 0.3 is 0 Å². The van der Waals surface area contributed by atoms with Gasteiger partial charge in [0.1, 0.15) is 5.75 Å². The van der Waals surface area contributed by atoms with Crippen LogP contribution in [-0.2, 0) is 0 Å². The first-order chi connectivity index (χ1) is 9.10. The lowest BCUT2D eigenvalue weighted by atomic mass is 10.1. The molecule has 0 aromatic heterocycles. The zero-order valence-electron chi connectivity index (χ0n) is 11.0. The normalized spacial score (nSPS) is 11.9. The largest absolute Gasteiger partial charge is 0.497 e. The maximum absolute atomic E-state index is 6.19. The Morgan fingerprint density at radius 3 is 2.63 bits per heavy atom. The van der Waals surface area contributed by atoms with E-state index in [1.165, 1.54) is 0 Å². The number of nitrogens with one attached hydrogen (secondary N) is 1. The maximum atomic E-state index is 6.19. The van der Waals surface area contributed by atoms with Crippen LogP contribution in [0, 0.1) is 0 Å². The topological polar surface area (TPSA) is 47.3 Å². The van der Waals surface area contributed by atoms with Crippen molar-refractivity contribution in [3.05, 3.63) is 53.1 Å². The Balaban J connectivity index is 2.21. The summed E-state index contributed by atoms with van der Waals surface area (Å²) >= 11 is 6.19. The number of rotatable bonds is 4. The minimum Gasteiger partial charge on any atom is -0.497 e. The Morgan fingerprint density at radius 1 is 1.21 bits per heavy atom. The fraction of sp³-hybridized carbons (Fsp3) is 0.200. The van der Waals surface area contributed by atoms with Crippen molar-refractivity contribution in [1.82, 2.24) is 0 Å². The average molecular weight is 277 g/mol. The lowest BCUT2D eigenvalue weighted by Gasteiger charge is -2.18. The summed E-state index contributed by atoms with van der Waals surface area (Å²) < 4.78 is 5.20. The van der Waals surface area contributed by atoms with Gasteiger partial charge in [-0.3, -0.25) is 0 Å². The molecule has 0 amide bonds. The second kappa shape index (κ2) is 5.85. The van der Waals surface area contributed by atoms with Crippen LogP contribution in [0.15, 0.2) is 42.5 Å². The van der Waals surface area contributed by atoms with Crippen molar-refractivity contribution >= 4 is 23.0 Å². The van der Waals surface area contributed by atoms with Gasteiger partial charge in [-0.1, -0.05) is 29.8 Å². The van der Waals surface area contributed by atoms with Crippen molar-refractivity contribution in [2.24, 2.45) is 0 Å². The fourth-order valence-electron chi connectivity index (χ4n) is 1.98. The Kier molecular flexibility index (Phi) is 4.17. The Hall–Kier alpha value is -1.87. The molecule has 0 fully saturated rings. The van der Waals surface area contributed by atoms with Gasteiger partial charge in [-0.2, -0.15) is 0 Å². The third-order valence-corrected chi connectivity index (χ3v) is 3.26. The lowest BCUT2D eigenvalue weighted by molar-refractivity contribution is 0.415. The molecule has 1 unspecified atom stereocenters. The van der Waals surface area contributed by atoms with Crippen molar-refractivity contribution in [3.63, 3.8) is 0 Å². The molecule has 0 aliphatic heterocycles. The standard InChI is InChI=1S/C15H17ClN2O/c1-10(14-5-3-4-6-15(14)16)18-12-7-11(17)8-13(9-12)19-2/h3-10,18H,17H2,1-2H3. The molecule has 19 heavy (non-hydrogen) atoms. The van der Waals surface area contributed by atoms with Crippen LogP contribution < -0.4 is 15.8 Å². The van der Waals surface area contributed by atoms with E-state index >= 15 is 0 Å². The highest BCUT2D eigenvalue weighted by Gasteiger charge is 2.09. The molecule has 0 bridgehead atoms. The highest BCUT2D eigenvalue weighted by molar-refractivity contribution is 6.31. The molecule has 2 rings (SSSR count). The van der Waals surface area contributed by atoms with Crippen LogP contribution in [0.25, 0.3) is 0 Å². The van der Waals surface area contributed by atoms with E-state index in [0.29, 0.717) is 5.69 Å². The summed E-state index contributed by atoms with van der Waals surface area (Å²) in [7, 11) is 1.62. The molecule has 0 spiro atoms. The summed E-state index contributed by atoms with van der Waals surface area (Å²) in [4.78, 5) is 0. The Bertz CT molecular complexity index is 572. The molecule has 0 aliphatic rings. The number of benzene rings is 2. The highest BCUT2D eigenvalue weighted by atomic mass is 35.5. The minimum atomic E-state index is 0.0835. The molecular formula is C15H17ClN2O. The first-order valence-electron chi connectivity index (χ1n) is 6.05. The molecule has 3 N–H and O–H groups in total. The smallest absolute Gasteiger partial charge is 0.122 e. The summed E-state index contributed by atoms with van der Waals surface area (Å²) in [5, 5.41) is 4.12. The molecule has 0 radical (unpaired) electrons. The van der Waals surface area contributed by atoms with E-state index in [2.05, 4.69) is 12.2 Å². The summed E-state index contributed by atoms with van der Waals surface area (Å²) in [6, 6.07) is 13.4. The van der Waals surface area contributed by atoms with Crippen LogP contribution >= 0.6 is 11.6 Å². The van der Waals surface area contributed by atoms with Crippen LogP contribution in [0.2, 0.25) is 5.02 Å². The number of halogens is 1. The van der Waals surface area contributed by atoms with E-state index in [-0.39, 0.29) is 6.04 Å². The molecule has 0 heterocycles. The number of methoxy groups -OCH3 is 1. The quantitative estimate of drug-likeness (QED) is 0.827. The van der Waals surface area contributed by atoms with Gasteiger partial charge in [-0.15, -0.1) is 0 Å². The molecule has 4 heteroatoms. The van der Waals surface area contributed by atoms with Gasteiger partial charge in [0.05, 0.1) is 7.11 Å².